The van der Waals surface area contributed by atoms with E-state index < -0.39 is 12.1 Å². The number of ether oxygens (including phenoxy) is 1. The van der Waals surface area contributed by atoms with Crippen molar-refractivity contribution >= 4 is 12.0 Å². The van der Waals surface area contributed by atoms with E-state index in [0.717, 1.165) is 42.4 Å². The van der Waals surface area contributed by atoms with Gasteiger partial charge in [-0.3, -0.25) is 0 Å². The number of rotatable bonds is 8. The van der Waals surface area contributed by atoms with Crippen molar-refractivity contribution in [2.75, 3.05) is 0 Å². The van der Waals surface area contributed by atoms with Gasteiger partial charge in [0.2, 0.25) is 6.10 Å². The van der Waals surface area contributed by atoms with Crippen LogP contribution >= 0.6 is 0 Å². The molecule has 0 aliphatic heterocycles. The Kier molecular flexibility index (Phi) is 6.75. The van der Waals surface area contributed by atoms with Gasteiger partial charge >= 0.3 is 5.97 Å². The summed E-state index contributed by atoms with van der Waals surface area (Å²) in [6.07, 6.45) is 6.20. The summed E-state index contributed by atoms with van der Waals surface area (Å²) in [4.78, 5) is 12.0. The summed E-state index contributed by atoms with van der Waals surface area (Å²) in [5.74, 6) is 0.166. The summed E-state index contributed by atoms with van der Waals surface area (Å²) in [7, 11) is 0. The van der Waals surface area contributed by atoms with Crippen molar-refractivity contribution in [1.29, 1.82) is 0 Å². The molecule has 4 aromatic rings. The number of carboxylic acids is 1. The van der Waals surface area contributed by atoms with Gasteiger partial charge in [-0.2, -0.15) is 0 Å². The Morgan fingerprint density at radius 2 is 1.60 bits per heavy atom. The molecule has 1 unspecified atom stereocenters. The first kappa shape index (κ1) is 22.7. The molecule has 35 heavy (non-hydrogen) atoms. The van der Waals surface area contributed by atoms with E-state index in [-0.39, 0.29) is 5.92 Å². The molecule has 1 heterocycles. The fourth-order valence-electron chi connectivity index (χ4n) is 4.68. The third kappa shape index (κ3) is 5.19. The van der Waals surface area contributed by atoms with Crippen LogP contribution in [0.4, 0.5) is 0 Å². The first-order valence-corrected chi connectivity index (χ1v) is 11.9. The van der Waals surface area contributed by atoms with Crippen LogP contribution in [0.15, 0.2) is 95.5 Å². The Morgan fingerprint density at radius 3 is 2.29 bits per heavy atom. The number of fused-ring (bicyclic) bond motifs is 1. The van der Waals surface area contributed by atoms with Gasteiger partial charge in [-0.1, -0.05) is 78.0 Å². The summed E-state index contributed by atoms with van der Waals surface area (Å²) in [6, 6.07) is 27.9. The van der Waals surface area contributed by atoms with E-state index in [1.807, 2.05) is 54.6 Å². The van der Waals surface area contributed by atoms with E-state index in [0.29, 0.717) is 17.2 Å². The molecule has 0 saturated carbocycles. The molecule has 0 fully saturated rings. The first-order valence-electron chi connectivity index (χ1n) is 11.9. The molecule has 1 aliphatic carbocycles. The molecular formula is C30H27NO4. The topological polar surface area (TPSA) is 72.6 Å². The quantitative estimate of drug-likeness (QED) is 0.332. The van der Waals surface area contributed by atoms with Crippen LogP contribution in [-0.4, -0.2) is 22.3 Å². The molecule has 0 saturated heterocycles. The van der Waals surface area contributed by atoms with Gasteiger partial charge in [-0.25, -0.2) is 4.79 Å². The lowest BCUT2D eigenvalue weighted by atomic mass is 9.89. The molecule has 0 amide bonds. The number of hydrogen-bond acceptors (Lipinski definition) is 4. The predicted octanol–water partition coefficient (Wildman–Crippen LogP) is 6.28. The van der Waals surface area contributed by atoms with Crippen molar-refractivity contribution < 1.29 is 19.2 Å². The van der Waals surface area contributed by atoms with Gasteiger partial charge in [-0.15, -0.1) is 0 Å². The molecule has 0 spiro atoms. The van der Waals surface area contributed by atoms with Crippen LogP contribution < -0.4 is 4.74 Å². The largest absolute Gasteiger partial charge is 0.478 e. The highest BCUT2D eigenvalue weighted by atomic mass is 16.5. The molecule has 0 bridgehead atoms. The number of aliphatic carboxylic acids is 1. The summed E-state index contributed by atoms with van der Waals surface area (Å²) >= 11 is 0. The number of aryl methyl sites for hydroxylation is 1. The van der Waals surface area contributed by atoms with E-state index >= 15 is 0 Å². The first-order chi connectivity index (χ1) is 17.2. The number of aromatic nitrogens is 1. The lowest BCUT2D eigenvalue weighted by Gasteiger charge is -2.21. The Balaban J connectivity index is 1.39. The third-order valence-corrected chi connectivity index (χ3v) is 6.39. The summed E-state index contributed by atoms with van der Waals surface area (Å²) in [5.41, 5.74) is 5.09. The molecule has 176 valence electrons. The van der Waals surface area contributed by atoms with E-state index in [1.165, 1.54) is 11.6 Å². The molecular weight excluding hydrogens is 438 g/mol. The number of carboxylic acid groups (broad SMARTS) is 1. The van der Waals surface area contributed by atoms with Crippen LogP contribution in [0.2, 0.25) is 0 Å². The average Bonchev–Trinajstić information content (AvgIpc) is 3.36. The van der Waals surface area contributed by atoms with Crippen LogP contribution in [0.3, 0.4) is 0 Å². The minimum absolute atomic E-state index is 0.116. The van der Waals surface area contributed by atoms with Crippen LogP contribution in [0, 0.1) is 0 Å². The summed E-state index contributed by atoms with van der Waals surface area (Å²) in [6.45, 7) is 0. The number of hydrogen-bond donors (Lipinski definition) is 1. The predicted molar refractivity (Wildman–Crippen MR) is 135 cm³/mol. The van der Waals surface area contributed by atoms with Crippen molar-refractivity contribution in [3.63, 3.8) is 0 Å². The second-order valence-electron chi connectivity index (χ2n) is 8.75. The molecule has 3 aromatic carbocycles. The van der Waals surface area contributed by atoms with Crippen molar-refractivity contribution in [2.45, 2.75) is 37.7 Å². The molecule has 1 aromatic heterocycles. The van der Waals surface area contributed by atoms with Gasteiger partial charge in [0.1, 0.15) is 17.2 Å². The molecule has 0 radical (unpaired) electrons. The van der Waals surface area contributed by atoms with Crippen molar-refractivity contribution in [2.24, 2.45) is 0 Å². The fraction of sp³-hybridized carbons (Fsp3) is 0.200. The summed E-state index contributed by atoms with van der Waals surface area (Å²) < 4.78 is 11.7. The van der Waals surface area contributed by atoms with Gasteiger partial charge in [-0.05, 0) is 66.2 Å². The second kappa shape index (κ2) is 10.4. The van der Waals surface area contributed by atoms with Gasteiger partial charge in [0, 0.05) is 6.07 Å². The number of benzene rings is 3. The Bertz CT molecular complexity index is 1270. The van der Waals surface area contributed by atoms with Crippen LogP contribution in [0.1, 0.15) is 52.5 Å². The second-order valence-corrected chi connectivity index (χ2v) is 8.75. The highest BCUT2D eigenvalue weighted by Crippen LogP contribution is 2.33. The van der Waals surface area contributed by atoms with E-state index in [4.69, 9.17) is 9.26 Å². The summed E-state index contributed by atoms with van der Waals surface area (Å²) in [5, 5.41) is 14.0. The average molecular weight is 466 g/mol. The van der Waals surface area contributed by atoms with Crippen LogP contribution in [0.25, 0.3) is 6.08 Å². The third-order valence-electron chi connectivity index (χ3n) is 6.39. The fourth-order valence-corrected chi connectivity index (χ4v) is 4.68. The maximum atomic E-state index is 12.0. The number of nitrogens with zero attached hydrogens (tertiary/aromatic N) is 1. The van der Waals surface area contributed by atoms with Crippen LogP contribution in [0.5, 0.6) is 5.75 Å². The molecule has 5 rings (SSSR count). The number of carbonyl (C=O) groups is 1. The van der Waals surface area contributed by atoms with E-state index in [2.05, 4.69) is 35.5 Å². The monoisotopic (exact) mass is 465 g/mol. The minimum Gasteiger partial charge on any atom is -0.478 e. The highest BCUT2D eigenvalue weighted by Gasteiger charge is 2.23. The smallest absolute Gasteiger partial charge is 0.349 e. The zero-order valence-corrected chi connectivity index (χ0v) is 19.3. The van der Waals surface area contributed by atoms with Crippen LogP contribution in [-0.2, 0) is 17.6 Å². The lowest BCUT2D eigenvalue weighted by molar-refractivity contribution is -0.142. The normalized spacial score (nSPS) is 14.1. The zero-order valence-electron chi connectivity index (χ0n) is 19.3. The lowest BCUT2D eigenvalue weighted by Crippen LogP contribution is -2.25. The molecule has 1 N–H and O–H groups in total. The van der Waals surface area contributed by atoms with E-state index in [1.54, 1.807) is 6.08 Å². The highest BCUT2D eigenvalue weighted by molar-refractivity contribution is 5.76. The SMILES string of the molecule is O=C(O)C(C=Cc1cc(C(c2ccccc2)c2ccccc2)on1)Oc1cccc2c1CCCC2. The van der Waals surface area contributed by atoms with Gasteiger partial charge in [0.05, 0.1) is 5.92 Å². The Labute approximate surface area is 204 Å². The Morgan fingerprint density at radius 1 is 0.914 bits per heavy atom. The van der Waals surface area contributed by atoms with Crippen molar-refractivity contribution in [3.05, 3.63) is 125 Å². The molecule has 5 heteroatoms. The van der Waals surface area contributed by atoms with Gasteiger partial charge in [0.15, 0.2) is 0 Å². The van der Waals surface area contributed by atoms with Crippen molar-refractivity contribution in [1.82, 2.24) is 5.16 Å². The van der Waals surface area contributed by atoms with E-state index in [9.17, 15) is 9.90 Å². The molecule has 1 atom stereocenters. The molecule has 1 aliphatic rings. The Hall–Kier alpha value is -4.12. The maximum absolute atomic E-state index is 12.0. The van der Waals surface area contributed by atoms with Gasteiger partial charge in [0.25, 0.3) is 0 Å². The standard InChI is InChI=1S/C30H27NO4/c32-30(33)27(34-26-17-9-15-21-10-7-8-16-25(21)26)19-18-24-20-28(35-31-24)29(22-11-3-1-4-12-22)23-13-5-2-6-14-23/h1-6,9,11-15,17-20,27,29H,7-8,10,16H2,(H,32,33). The molecule has 5 nitrogen and oxygen atoms in total. The van der Waals surface area contributed by atoms with Crippen molar-refractivity contribution in [3.8, 4) is 5.75 Å². The maximum Gasteiger partial charge on any atom is 0.349 e. The zero-order chi connectivity index (χ0) is 24.0. The van der Waals surface area contributed by atoms with Gasteiger partial charge < -0.3 is 14.4 Å². The minimum atomic E-state index is -1.12.